The highest BCUT2D eigenvalue weighted by molar-refractivity contribution is 9.10. The first-order valence-electron chi connectivity index (χ1n) is 4.30. The highest BCUT2D eigenvalue weighted by Crippen LogP contribution is 2.04. The van der Waals surface area contributed by atoms with Crippen LogP contribution in [0.3, 0.4) is 0 Å². The van der Waals surface area contributed by atoms with Crippen molar-refractivity contribution in [3.8, 4) is 0 Å². The van der Waals surface area contributed by atoms with Crippen LogP contribution in [0.15, 0.2) is 0 Å². The third-order valence-corrected chi connectivity index (χ3v) is 2.39. The molecule has 0 saturated carbocycles. The molecule has 1 rings (SSSR count). The van der Waals surface area contributed by atoms with E-state index in [1.54, 1.807) is 6.92 Å². The molecule has 0 aromatic heterocycles. The number of halogens is 1. The maximum absolute atomic E-state index is 11.2. The maximum Gasteiger partial charge on any atom is 0.233 e. The Morgan fingerprint density at radius 2 is 2.46 bits per heavy atom. The summed E-state index contributed by atoms with van der Waals surface area (Å²) in [5.41, 5.74) is 0. The first-order chi connectivity index (χ1) is 6.09. The molecule has 1 aliphatic heterocycles. The number of carbonyl (C=O) groups is 2. The number of amides is 2. The Labute approximate surface area is 85.6 Å². The van der Waals surface area contributed by atoms with E-state index in [0.717, 1.165) is 6.42 Å². The summed E-state index contributed by atoms with van der Waals surface area (Å²) in [7, 11) is 0. The summed E-state index contributed by atoms with van der Waals surface area (Å²) in [5.74, 6) is 0.0403. The Balaban J connectivity index is 2.30. The normalized spacial score (nSPS) is 24.8. The molecule has 0 radical (unpaired) electrons. The van der Waals surface area contributed by atoms with Crippen LogP contribution in [0, 0.1) is 0 Å². The minimum atomic E-state index is -0.176. The van der Waals surface area contributed by atoms with E-state index in [4.69, 9.17) is 0 Å². The lowest BCUT2D eigenvalue weighted by molar-refractivity contribution is -0.125. The monoisotopic (exact) mass is 248 g/mol. The van der Waals surface area contributed by atoms with Crippen LogP contribution in [0.2, 0.25) is 0 Å². The van der Waals surface area contributed by atoms with Crippen molar-refractivity contribution < 1.29 is 9.59 Å². The third kappa shape index (κ3) is 3.34. The van der Waals surface area contributed by atoms with Crippen LogP contribution in [0.25, 0.3) is 0 Å². The number of hydrogen-bond donors (Lipinski definition) is 2. The van der Waals surface area contributed by atoms with Crippen molar-refractivity contribution in [2.45, 2.75) is 30.6 Å². The van der Waals surface area contributed by atoms with Gasteiger partial charge in [-0.3, -0.25) is 9.59 Å². The molecular weight excluding hydrogens is 236 g/mol. The molecule has 0 spiro atoms. The summed E-state index contributed by atoms with van der Waals surface area (Å²) in [6.07, 6.45) is 1.24. The van der Waals surface area contributed by atoms with Crippen LogP contribution in [0.1, 0.15) is 19.8 Å². The molecule has 0 aromatic rings. The highest BCUT2D eigenvalue weighted by atomic mass is 79.9. The van der Waals surface area contributed by atoms with Gasteiger partial charge >= 0.3 is 0 Å². The number of piperidine rings is 1. The second kappa shape index (κ2) is 4.60. The largest absolute Gasteiger partial charge is 0.354 e. The van der Waals surface area contributed by atoms with Gasteiger partial charge in [0.05, 0.1) is 4.83 Å². The lowest BCUT2D eigenvalue weighted by Gasteiger charge is -2.23. The fourth-order valence-corrected chi connectivity index (χ4v) is 1.30. The van der Waals surface area contributed by atoms with Crippen LogP contribution >= 0.6 is 15.9 Å². The van der Waals surface area contributed by atoms with E-state index in [-0.39, 0.29) is 22.7 Å². The number of alkyl halides is 1. The first-order valence-corrected chi connectivity index (χ1v) is 5.22. The summed E-state index contributed by atoms with van der Waals surface area (Å²) in [6.45, 7) is 2.32. The van der Waals surface area contributed by atoms with Crippen LogP contribution in [-0.2, 0) is 9.59 Å². The van der Waals surface area contributed by atoms with Gasteiger partial charge in [-0.05, 0) is 13.3 Å². The fourth-order valence-electron chi connectivity index (χ4n) is 1.17. The van der Waals surface area contributed by atoms with Gasteiger partial charge in [0.1, 0.15) is 0 Å². The zero-order valence-corrected chi connectivity index (χ0v) is 9.06. The van der Waals surface area contributed by atoms with Gasteiger partial charge in [0.2, 0.25) is 11.8 Å². The molecule has 5 heteroatoms. The second-order valence-electron chi connectivity index (χ2n) is 3.16. The van der Waals surface area contributed by atoms with E-state index in [1.807, 2.05) is 0 Å². The second-order valence-corrected chi connectivity index (χ2v) is 4.54. The van der Waals surface area contributed by atoms with E-state index in [0.29, 0.717) is 13.0 Å². The maximum atomic E-state index is 11.2. The van der Waals surface area contributed by atoms with Gasteiger partial charge < -0.3 is 10.6 Å². The molecule has 2 unspecified atom stereocenters. The topological polar surface area (TPSA) is 58.2 Å². The fraction of sp³-hybridized carbons (Fsp3) is 0.750. The van der Waals surface area contributed by atoms with Gasteiger partial charge in [0.25, 0.3) is 0 Å². The van der Waals surface area contributed by atoms with Crippen LogP contribution in [0.4, 0.5) is 0 Å². The highest BCUT2D eigenvalue weighted by Gasteiger charge is 2.20. The van der Waals surface area contributed by atoms with Gasteiger partial charge in [-0.1, -0.05) is 15.9 Å². The van der Waals surface area contributed by atoms with Crippen molar-refractivity contribution in [2.24, 2.45) is 0 Å². The van der Waals surface area contributed by atoms with Crippen molar-refractivity contribution in [3.63, 3.8) is 0 Å². The minimum absolute atomic E-state index is 0.0267. The van der Waals surface area contributed by atoms with Gasteiger partial charge in [-0.15, -0.1) is 0 Å². The third-order valence-electron chi connectivity index (χ3n) is 1.97. The standard InChI is InChI=1S/C8H13BrN2O2/c1-5(9)8(13)11-6-2-3-7(12)10-4-6/h5-6H,2-4H2,1H3,(H,10,12)(H,11,13). The van der Waals surface area contributed by atoms with E-state index < -0.39 is 0 Å². The first kappa shape index (κ1) is 10.5. The Bertz CT molecular complexity index is 208. The Kier molecular flexibility index (Phi) is 3.71. The molecule has 4 nitrogen and oxygen atoms in total. The molecule has 0 aromatic carbocycles. The Morgan fingerprint density at radius 3 is 2.92 bits per heavy atom. The van der Waals surface area contributed by atoms with Gasteiger partial charge in [0, 0.05) is 19.0 Å². The lowest BCUT2D eigenvalue weighted by atomic mass is 10.1. The predicted octanol–water partition coefficient (Wildman–Crippen LogP) is 0.165. The number of nitrogens with one attached hydrogen (secondary N) is 2. The predicted molar refractivity (Wildman–Crippen MR) is 52.6 cm³/mol. The van der Waals surface area contributed by atoms with Gasteiger partial charge in [-0.25, -0.2) is 0 Å². The molecule has 0 aliphatic carbocycles. The van der Waals surface area contributed by atoms with E-state index in [2.05, 4.69) is 26.6 Å². The molecule has 1 fully saturated rings. The summed E-state index contributed by atoms with van der Waals surface area (Å²) in [6, 6.07) is 0.0881. The molecule has 74 valence electrons. The number of rotatable bonds is 2. The van der Waals surface area contributed by atoms with Crippen molar-refractivity contribution in [2.75, 3.05) is 6.54 Å². The SMILES string of the molecule is CC(Br)C(=O)NC1CCC(=O)NC1. The Hall–Kier alpha value is -0.580. The van der Waals surface area contributed by atoms with Gasteiger partial charge in [0.15, 0.2) is 0 Å². The quantitative estimate of drug-likeness (QED) is 0.685. The van der Waals surface area contributed by atoms with Crippen molar-refractivity contribution in [1.82, 2.24) is 10.6 Å². The van der Waals surface area contributed by atoms with E-state index in [1.165, 1.54) is 0 Å². The molecular formula is C8H13BrN2O2. The molecule has 0 bridgehead atoms. The molecule has 1 saturated heterocycles. The number of carbonyl (C=O) groups excluding carboxylic acids is 2. The zero-order chi connectivity index (χ0) is 9.84. The van der Waals surface area contributed by atoms with E-state index in [9.17, 15) is 9.59 Å². The average molecular weight is 249 g/mol. The molecule has 1 heterocycles. The van der Waals surface area contributed by atoms with Crippen LogP contribution in [0.5, 0.6) is 0 Å². The summed E-state index contributed by atoms with van der Waals surface area (Å²) < 4.78 is 0. The van der Waals surface area contributed by atoms with E-state index >= 15 is 0 Å². The smallest absolute Gasteiger partial charge is 0.233 e. The summed E-state index contributed by atoms with van der Waals surface area (Å²) >= 11 is 3.18. The Morgan fingerprint density at radius 1 is 1.77 bits per heavy atom. The summed E-state index contributed by atoms with van der Waals surface area (Å²) in [5, 5.41) is 5.55. The minimum Gasteiger partial charge on any atom is -0.354 e. The molecule has 2 amide bonds. The van der Waals surface area contributed by atoms with Crippen molar-refractivity contribution in [1.29, 1.82) is 0 Å². The zero-order valence-electron chi connectivity index (χ0n) is 7.47. The average Bonchev–Trinajstić information content (AvgIpc) is 2.08. The number of hydrogen-bond acceptors (Lipinski definition) is 2. The van der Waals surface area contributed by atoms with Crippen LogP contribution < -0.4 is 10.6 Å². The van der Waals surface area contributed by atoms with Crippen molar-refractivity contribution >= 4 is 27.7 Å². The molecule has 2 N–H and O–H groups in total. The summed E-state index contributed by atoms with van der Waals surface area (Å²) in [4.78, 5) is 21.8. The van der Waals surface area contributed by atoms with Gasteiger partial charge in [-0.2, -0.15) is 0 Å². The van der Waals surface area contributed by atoms with Crippen LogP contribution in [-0.4, -0.2) is 29.2 Å². The molecule has 2 atom stereocenters. The van der Waals surface area contributed by atoms with Crippen molar-refractivity contribution in [3.05, 3.63) is 0 Å². The molecule has 1 aliphatic rings. The lowest BCUT2D eigenvalue weighted by Crippen LogP contribution is -2.49. The molecule has 13 heavy (non-hydrogen) atoms.